The maximum atomic E-state index is 13.0. The number of benzene rings is 4. The van der Waals surface area contributed by atoms with Gasteiger partial charge in [-0.2, -0.15) is 0 Å². The van der Waals surface area contributed by atoms with Crippen molar-refractivity contribution in [2.45, 2.75) is 30.5 Å². The third-order valence-corrected chi connectivity index (χ3v) is 16.6. The number of hydrogen-bond acceptors (Lipinski definition) is 11. The van der Waals surface area contributed by atoms with Crippen LogP contribution in [0, 0.1) is 0 Å². The fraction of sp³-hybridized carbons (Fsp3) is 0.250. The molecule has 2 fully saturated rings. The summed E-state index contributed by atoms with van der Waals surface area (Å²) in [6.07, 6.45) is 2.07. The summed E-state index contributed by atoms with van der Waals surface area (Å²) in [5, 5.41) is 2.89. The summed E-state index contributed by atoms with van der Waals surface area (Å²) in [6, 6.07) is 34.9. The van der Waals surface area contributed by atoms with E-state index in [1.54, 1.807) is 44.1 Å². The number of carbonyl (C=O) groups excluding carboxylic acids is 1. The van der Waals surface area contributed by atoms with Crippen LogP contribution in [0.3, 0.4) is 0 Å². The molecule has 0 spiro atoms. The number of ether oxygens (including phenoxy) is 4. The van der Waals surface area contributed by atoms with Gasteiger partial charge in [0.25, 0.3) is 0 Å². The number of anilines is 1. The number of hydrogen-bond donors (Lipinski definition) is 1. The molecule has 15 heteroatoms. The van der Waals surface area contributed by atoms with Crippen molar-refractivity contribution in [1.82, 2.24) is 19.5 Å². The van der Waals surface area contributed by atoms with Gasteiger partial charge >= 0.3 is 288 Å². The maximum absolute atomic E-state index is 13.0. The molecule has 0 aliphatic carbocycles. The molecule has 2 aliphatic rings. The molecule has 6 aromatic rings. The fourth-order valence-corrected chi connectivity index (χ4v) is 12.9. The third-order valence-electron chi connectivity index (χ3n) is 9.60. The summed E-state index contributed by atoms with van der Waals surface area (Å²) in [4.78, 5) is 26.6. The van der Waals surface area contributed by atoms with E-state index in [0.29, 0.717) is 35.6 Å². The molecule has 0 radical (unpaired) electrons. The molecule has 55 heavy (non-hydrogen) atoms. The van der Waals surface area contributed by atoms with Crippen molar-refractivity contribution in [2.75, 3.05) is 38.5 Å². The van der Waals surface area contributed by atoms with Crippen LogP contribution in [-0.4, -0.2) is 86.4 Å². The van der Waals surface area contributed by atoms with Crippen LogP contribution >= 0.6 is 17.0 Å². The summed E-state index contributed by atoms with van der Waals surface area (Å²) in [5.41, 5.74) is 0.805. The van der Waals surface area contributed by atoms with Gasteiger partial charge in [0.15, 0.2) is 0 Å². The van der Waals surface area contributed by atoms with Gasteiger partial charge in [-0.25, -0.2) is 0 Å². The molecule has 0 bridgehead atoms. The summed E-state index contributed by atoms with van der Waals surface area (Å²) < 4.78 is 40.0. The average Bonchev–Trinajstić information content (AvgIpc) is 3.98. The molecule has 1 unspecified atom stereocenters. The Kier molecular flexibility index (Phi) is 11.2. The van der Waals surface area contributed by atoms with Gasteiger partial charge in [-0.3, -0.25) is 0 Å². The number of aromatic nitrogens is 4. The van der Waals surface area contributed by atoms with Crippen molar-refractivity contribution < 1.29 is 32.8 Å². The fourth-order valence-electron chi connectivity index (χ4n) is 6.90. The molecule has 2 saturated heterocycles. The molecule has 2 aliphatic heterocycles. The summed E-state index contributed by atoms with van der Waals surface area (Å²) in [6.45, 7) is 0.759. The number of imidazole rings is 1. The van der Waals surface area contributed by atoms with E-state index in [1.165, 1.54) is 6.33 Å². The molecule has 0 saturated carbocycles. The van der Waals surface area contributed by atoms with Gasteiger partial charge in [0.05, 0.1) is 14.2 Å². The van der Waals surface area contributed by atoms with Gasteiger partial charge in [0.1, 0.15) is 0 Å². The van der Waals surface area contributed by atoms with Crippen LogP contribution in [0.5, 0.6) is 11.5 Å². The Hall–Kier alpha value is -4.36. The van der Waals surface area contributed by atoms with Gasteiger partial charge in [0, 0.05) is 0 Å². The van der Waals surface area contributed by atoms with Crippen LogP contribution in [0.1, 0.15) is 39.7 Å². The molecule has 1 amide bonds. The summed E-state index contributed by atoms with van der Waals surface area (Å²) in [7, 11) is 3.30. The monoisotopic (exact) mass is 843 g/mol. The van der Waals surface area contributed by atoms with Crippen molar-refractivity contribution >= 4 is 55.4 Å². The Balaban J connectivity index is 1.14. The van der Waals surface area contributed by atoms with E-state index in [1.807, 2.05) is 89.5 Å². The number of amides is 1. The van der Waals surface area contributed by atoms with E-state index in [2.05, 4.69) is 48.0 Å². The number of nitrogens with zero attached hydrogens (tertiary/aromatic N) is 4. The number of fused-ring (bicyclic) bond motifs is 1. The number of methoxy groups -OCH3 is 2. The molecule has 12 nitrogen and oxygen atoms in total. The third kappa shape index (κ3) is 7.74. The first-order chi connectivity index (χ1) is 26.9. The minimum absolute atomic E-state index is 0.152. The first-order valence-electron chi connectivity index (χ1n) is 17.6. The number of rotatable bonds is 13. The quantitative estimate of drug-likeness (QED) is 0.0711. The van der Waals surface area contributed by atoms with Gasteiger partial charge in [-0.1, -0.05) is 18.2 Å². The van der Waals surface area contributed by atoms with Crippen molar-refractivity contribution in [1.29, 1.82) is 0 Å². The van der Waals surface area contributed by atoms with E-state index in [-0.39, 0.29) is 12.5 Å². The van der Waals surface area contributed by atoms with Gasteiger partial charge in [-0.15, -0.1) is 0 Å². The Morgan fingerprint density at radius 1 is 0.891 bits per heavy atom. The van der Waals surface area contributed by atoms with Crippen molar-refractivity contribution in [3.05, 3.63) is 144 Å². The second kappa shape index (κ2) is 16.4. The molecule has 1 N–H and O–H groups in total. The van der Waals surface area contributed by atoms with Gasteiger partial charge < -0.3 is 0 Å². The van der Waals surface area contributed by atoms with Crippen molar-refractivity contribution in [3.63, 3.8) is 0 Å². The average molecular weight is 843 g/mol. The minimum atomic E-state index is -2.34. The molecular weight excluding hydrogens is 804 g/mol. The topological polar surface area (TPSA) is 128 Å². The predicted octanol–water partition coefficient (Wildman–Crippen LogP) is 7.39. The first kappa shape index (κ1) is 37.6. The molecule has 4 atom stereocenters. The Morgan fingerprint density at radius 2 is 1.53 bits per heavy atom. The van der Waals surface area contributed by atoms with E-state index in [4.69, 9.17) is 28.0 Å². The van der Waals surface area contributed by atoms with Crippen LogP contribution < -0.4 is 14.8 Å². The van der Waals surface area contributed by atoms with E-state index in [0.717, 1.165) is 33.9 Å². The van der Waals surface area contributed by atoms with Crippen LogP contribution in [0.2, 0.25) is 0 Å². The Bertz CT molecular complexity index is 2180. The van der Waals surface area contributed by atoms with Crippen molar-refractivity contribution in [3.8, 4) is 11.5 Å². The van der Waals surface area contributed by atoms with Gasteiger partial charge in [0.2, 0.25) is 0 Å². The normalized spacial score (nSPS) is 21.1. The molecule has 2 aromatic heterocycles. The number of nitrogens with one attached hydrogen (secondary N) is 1. The van der Waals surface area contributed by atoms with Crippen LogP contribution in [0.4, 0.5) is 5.82 Å². The van der Waals surface area contributed by atoms with E-state index >= 15 is 0 Å². The zero-order chi connectivity index (χ0) is 37.8. The Labute approximate surface area is 330 Å². The Morgan fingerprint density at radius 3 is 2.15 bits per heavy atom. The van der Waals surface area contributed by atoms with Crippen molar-refractivity contribution in [2.24, 2.45) is 0 Å². The zero-order valence-electron chi connectivity index (χ0n) is 30.0. The van der Waals surface area contributed by atoms with E-state index < -0.39 is 29.6 Å². The van der Waals surface area contributed by atoms with Crippen LogP contribution in [0.15, 0.2) is 122 Å². The molecule has 4 heterocycles. The summed E-state index contributed by atoms with van der Waals surface area (Å²) >= 11 is 4.89. The van der Waals surface area contributed by atoms with Crippen LogP contribution in [-0.2, 0) is 24.1 Å². The zero-order valence-corrected chi connectivity index (χ0v) is 33.4. The molecule has 8 rings (SSSR count). The second-order valence-electron chi connectivity index (χ2n) is 12.8. The molecular formula is C40H38N5O7PSSe. The standard InChI is InChI=1S/C40H38N5O7PSSe/c1-47-31-17-13-29(14-18-31)40(28-11-7-4-8-12-28,30-15-19-32(48-2)20-16-30)49-24-34-33(52-53(55)50-21-22-54-53)23-35(51-34)45-26-43-36-37(41-25-42-38(36)45)44-39(46)27-9-5-3-6-10-27/h3-20,25-26,33-35H,21-24H2,1-2H3,(H,41,42,44,46)/t33-,34+,35+,53?/m0/s1. The predicted molar refractivity (Wildman–Crippen MR) is 212 cm³/mol. The SMILES string of the molecule is COc1ccc(C(OC[C@H]2O[C@@H](n3cnc4c(NC(=O)c5ccccc5)ncnc43)C[C@@H]2O[P+]2([Se-])OCCS2)(c2ccccc2)c2ccc(OC)cc2)cc1. The first-order valence-corrected chi connectivity index (χ1v) is 23.1. The summed E-state index contributed by atoms with van der Waals surface area (Å²) in [5.74, 6) is 2.32. The molecule has 282 valence electrons. The van der Waals surface area contributed by atoms with E-state index in [9.17, 15) is 4.79 Å². The van der Waals surface area contributed by atoms with Gasteiger partial charge in [-0.05, 0) is 12.1 Å². The second-order valence-corrected chi connectivity index (χ2v) is 21.6. The number of carbonyl (C=O) groups is 1. The molecule has 4 aromatic carbocycles. The van der Waals surface area contributed by atoms with Crippen LogP contribution in [0.25, 0.3) is 11.2 Å².